The Labute approximate surface area is 108 Å². The molecule has 1 saturated heterocycles. The van der Waals surface area contributed by atoms with E-state index < -0.39 is 5.60 Å². The van der Waals surface area contributed by atoms with Crippen molar-refractivity contribution < 1.29 is 14.3 Å². The Bertz CT molecular complexity index is 309. The first-order valence-electron chi connectivity index (χ1n) is 6.30. The second kappa shape index (κ2) is 6.70. The first kappa shape index (κ1) is 14.9. The number of carbonyl (C=O) groups excluding carboxylic acids is 2. The van der Waals surface area contributed by atoms with Crippen LogP contribution in [0.4, 0.5) is 0 Å². The van der Waals surface area contributed by atoms with Crippen LogP contribution >= 0.6 is 0 Å². The van der Waals surface area contributed by atoms with E-state index in [2.05, 4.69) is 5.32 Å². The summed E-state index contributed by atoms with van der Waals surface area (Å²) >= 11 is 0. The number of methoxy groups -OCH3 is 1. The van der Waals surface area contributed by atoms with E-state index in [1.165, 1.54) is 0 Å². The predicted molar refractivity (Wildman–Crippen MR) is 67.9 cm³/mol. The lowest BCUT2D eigenvalue weighted by Crippen LogP contribution is -2.53. The van der Waals surface area contributed by atoms with Crippen LogP contribution in [0.1, 0.15) is 25.7 Å². The molecule has 0 saturated carbocycles. The van der Waals surface area contributed by atoms with Crippen LogP contribution in [0.15, 0.2) is 0 Å². The molecule has 1 heterocycles. The van der Waals surface area contributed by atoms with Gasteiger partial charge in [0.25, 0.3) is 0 Å². The summed E-state index contributed by atoms with van der Waals surface area (Å²) in [4.78, 5) is 24.7. The molecule has 1 aliphatic heterocycles. The zero-order valence-electron chi connectivity index (χ0n) is 11.2. The van der Waals surface area contributed by atoms with Crippen molar-refractivity contribution in [2.45, 2.75) is 31.3 Å². The highest BCUT2D eigenvalue weighted by molar-refractivity contribution is 5.78. The molecule has 0 aromatic carbocycles. The van der Waals surface area contributed by atoms with Crippen molar-refractivity contribution in [3.8, 4) is 0 Å². The third-order valence-electron chi connectivity index (χ3n) is 3.59. The highest BCUT2D eigenvalue weighted by Gasteiger charge is 2.37. The van der Waals surface area contributed by atoms with Gasteiger partial charge in [-0.3, -0.25) is 9.59 Å². The van der Waals surface area contributed by atoms with Gasteiger partial charge in [0.05, 0.1) is 12.1 Å². The van der Waals surface area contributed by atoms with Gasteiger partial charge in [-0.05, 0) is 19.3 Å². The van der Waals surface area contributed by atoms with Crippen molar-refractivity contribution in [2.75, 3.05) is 33.8 Å². The first-order chi connectivity index (χ1) is 8.56. The molecule has 1 rings (SSSR count). The lowest BCUT2D eigenvalue weighted by molar-refractivity contribution is -0.140. The number of hydrogen-bond acceptors (Lipinski definition) is 4. The van der Waals surface area contributed by atoms with Crippen molar-refractivity contribution in [1.29, 1.82) is 0 Å². The van der Waals surface area contributed by atoms with Crippen molar-refractivity contribution in [2.24, 2.45) is 5.73 Å². The molecule has 1 aliphatic rings. The van der Waals surface area contributed by atoms with Crippen LogP contribution in [0.3, 0.4) is 0 Å². The molecule has 18 heavy (non-hydrogen) atoms. The Morgan fingerprint density at radius 2 is 2.22 bits per heavy atom. The standard InChI is InChI=1S/C12H23N3O3/c1-14-10(16)4-6-12(18-2)5-3-7-15(9-12)11(17)8-13/h3-9,13H2,1-2H3,(H,14,16). The zero-order chi connectivity index (χ0) is 13.6. The summed E-state index contributed by atoms with van der Waals surface area (Å²) in [6.45, 7) is 1.27. The Kier molecular flexibility index (Phi) is 5.55. The zero-order valence-corrected chi connectivity index (χ0v) is 11.2. The third-order valence-corrected chi connectivity index (χ3v) is 3.59. The number of nitrogens with one attached hydrogen (secondary N) is 1. The highest BCUT2D eigenvalue weighted by Crippen LogP contribution is 2.29. The molecule has 2 amide bonds. The molecule has 0 radical (unpaired) electrons. The van der Waals surface area contributed by atoms with E-state index in [4.69, 9.17) is 10.5 Å². The Morgan fingerprint density at radius 1 is 1.50 bits per heavy atom. The maximum Gasteiger partial charge on any atom is 0.236 e. The van der Waals surface area contributed by atoms with Gasteiger partial charge in [0, 0.05) is 33.7 Å². The van der Waals surface area contributed by atoms with Gasteiger partial charge in [0.15, 0.2) is 0 Å². The van der Waals surface area contributed by atoms with Crippen molar-refractivity contribution >= 4 is 11.8 Å². The van der Waals surface area contributed by atoms with Crippen LogP contribution in [0, 0.1) is 0 Å². The first-order valence-corrected chi connectivity index (χ1v) is 6.30. The largest absolute Gasteiger partial charge is 0.376 e. The molecule has 0 aromatic heterocycles. The van der Waals surface area contributed by atoms with Gasteiger partial charge in [-0.1, -0.05) is 0 Å². The molecule has 0 aromatic rings. The average molecular weight is 257 g/mol. The molecule has 1 atom stereocenters. The number of ether oxygens (including phenoxy) is 1. The number of carbonyl (C=O) groups is 2. The molecule has 1 fully saturated rings. The summed E-state index contributed by atoms with van der Waals surface area (Å²) < 4.78 is 5.58. The summed E-state index contributed by atoms with van der Waals surface area (Å²) in [7, 11) is 3.26. The number of nitrogens with zero attached hydrogens (tertiary/aromatic N) is 1. The van der Waals surface area contributed by atoms with Crippen LogP contribution in [-0.2, 0) is 14.3 Å². The molecule has 6 nitrogen and oxygen atoms in total. The van der Waals surface area contributed by atoms with Crippen LogP contribution in [-0.4, -0.2) is 56.1 Å². The summed E-state index contributed by atoms with van der Waals surface area (Å²) in [6.07, 6.45) is 2.79. The maximum atomic E-state index is 11.6. The van der Waals surface area contributed by atoms with Gasteiger partial charge in [0.2, 0.25) is 11.8 Å². The molecule has 104 valence electrons. The lowest BCUT2D eigenvalue weighted by atomic mass is 9.87. The van der Waals surface area contributed by atoms with E-state index in [0.717, 1.165) is 19.4 Å². The van der Waals surface area contributed by atoms with Crippen LogP contribution in [0.5, 0.6) is 0 Å². The summed E-state index contributed by atoms with van der Waals surface area (Å²) in [6, 6.07) is 0. The van der Waals surface area contributed by atoms with E-state index in [9.17, 15) is 9.59 Å². The van der Waals surface area contributed by atoms with Gasteiger partial charge in [-0.25, -0.2) is 0 Å². The topological polar surface area (TPSA) is 84.7 Å². The fourth-order valence-corrected chi connectivity index (χ4v) is 2.38. The van der Waals surface area contributed by atoms with Crippen LogP contribution in [0.25, 0.3) is 0 Å². The Balaban J connectivity index is 2.62. The second-order valence-electron chi connectivity index (χ2n) is 4.68. The number of nitrogens with two attached hydrogens (primary N) is 1. The third kappa shape index (κ3) is 3.68. The van der Waals surface area contributed by atoms with E-state index >= 15 is 0 Å². The minimum Gasteiger partial charge on any atom is -0.376 e. The summed E-state index contributed by atoms with van der Waals surface area (Å²) in [5.41, 5.74) is 4.97. The molecule has 0 spiro atoms. The molecule has 0 bridgehead atoms. The molecule has 0 aliphatic carbocycles. The van der Waals surface area contributed by atoms with E-state index in [1.807, 2.05) is 0 Å². The van der Waals surface area contributed by atoms with E-state index in [1.54, 1.807) is 19.1 Å². The van der Waals surface area contributed by atoms with Gasteiger partial charge in [0.1, 0.15) is 0 Å². The van der Waals surface area contributed by atoms with Crippen molar-refractivity contribution in [3.05, 3.63) is 0 Å². The van der Waals surface area contributed by atoms with Crippen LogP contribution in [0.2, 0.25) is 0 Å². The fourth-order valence-electron chi connectivity index (χ4n) is 2.38. The smallest absolute Gasteiger partial charge is 0.236 e. The number of piperidine rings is 1. The SMILES string of the molecule is CNC(=O)CCC1(OC)CCCN(C(=O)CN)C1. The monoisotopic (exact) mass is 257 g/mol. The molecule has 6 heteroatoms. The second-order valence-corrected chi connectivity index (χ2v) is 4.68. The molecular weight excluding hydrogens is 234 g/mol. The van der Waals surface area contributed by atoms with Crippen LogP contribution < -0.4 is 11.1 Å². The average Bonchev–Trinajstić information content (AvgIpc) is 2.44. The number of amides is 2. The summed E-state index contributed by atoms with van der Waals surface area (Å²) in [5.74, 6) is -0.0650. The van der Waals surface area contributed by atoms with Gasteiger partial charge >= 0.3 is 0 Å². The number of rotatable bonds is 5. The molecule has 3 N–H and O–H groups in total. The van der Waals surface area contributed by atoms with E-state index in [0.29, 0.717) is 19.4 Å². The minimum atomic E-state index is -0.407. The maximum absolute atomic E-state index is 11.6. The van der Waals surface area contributed by atoms with Gasteiger partial charge < -0.3 is 20.7 Å². The van der Waals surface area contributed by atoms with E-state index in [-0.39, 0.29) is 18.4 Å². The molecular formula is C12H23N3O3. The molecule has 1 unspecified atom stereocenters. The van der Waals surface area contributed by atoms with Crippen molar-refractivity contribution in [1.82, 2.24) is 10.2 Å². The quantitative estimate of drug-likeness (QED) is 0.694. The summed E-state index contributed by atoms with van der Waals surface area (Å²) in [5, 5.41) is 2.60. The lowest BCUT2D eigenvalue weighted by Gasteiger charge is -2.41. The van der Waals surface area contributed by atoms with Gasteiger partial charge in [-0.15, -0.1) is 0 Å². The predicted octanol–water partition coefficient (Wildman–Crippen LogP) is -0.521. The Morgan fingerprint density at radius 3 is 2.78 bits per heavy atom. The Hall–Kier alpha value is -1.14. The fraction of sp³-hybridized carbons (Fsp3) is 0.833. The highest BCUT2D eigenvalue weighted by atomic mass is 16.5. The van der Waals surface area contributed by atoms with Crippen molar-refractivity contribution in [3.63, 3.8) is 0 Å². The number of likely N-dealkylation sites (tertiary alicyclic amines) is 1. The number of hydrogen-bond donors (Lipinski definition) is 2. The normalized spacial score (nSPS) is 23.8. The minimum absolute atomic E-state index is 0.00583. The van der Waals surface area contributed by atoms with Gasteiger partial charge in [-0.2, -0.15) is 0 Å².